The number of fused-ring (bicyclic) bond motifs is 3. The van der Waals surface area contributed by atoms with Crippen LogP contribution in [0.5, 0.6) is 5.75 Å². The summed E-state index contributed by atoms with van der Waals surface area (Å²) in [5.41, 5.74) is 7.57. The number of amides is 1. The third kappa shape index (κ3) is 3.00. The Morgan fingerprint density at radius 3 is 2.39 bits per heavy atom. The maximum atomic E-state index is 13.9. The minimum Gasteiger partial charge on any atom is -0.508 e. The van der Waals surface area contributed by atoms with Gasteiger partial charge in [0, 0.05) is 36.2 Å². The average molecular weight is 497 g/mol. The molecule has 36 heavy (non-hydrogen) atoms. The zero-order chi connectivity index (χ0) is 26.3. The van der Waals surface area contributed by atoms with Crippen LogP contribution in [0.3, 0.4) is 0 Å². The quantitative estimate of drug-likeness (QED) is 0.203. The fourth-order valence-corrected chi connectivity index (χ4v) is 6.62. The Balaban J connectivity index is 1.77. The molecule has 2 fully saturated rings. The molecule has 4 aliphatic rings. The molecule has 0 heterocycles. The summed E-state index contributed by atoms with van der Waals surface area (Å²) in [7, 11) is 0. The van der Waals surface area contributed by atoms with Gasteiger partial charge in [0.25, 0.3) is 5.91 Å². The van der Waals surface area contributed by atoms with Crippen molar-refractivity contribution in [3.63, 3.8) is 0 Å². The summed E-state index contributed by atoms with van der Waals surface area (Å²) in [6, 6.07) is 3.09. The van der Waals surface area contributed by atoms with Crippen molar-refractivity contribution in [2.24, 2.45) is 29.4 Å². The topological polar surface area (TPSA) is 201 Å². The van der Waals surface area contributed by atoms with Gasteiger partial charge in [-0.3, -0.25) is 19.2 Å². The normalized spacial score (nSPS) is 31.9. The number of primary amides is 1. The highest BCUT2D eigenvalue weighted by molar-refractivity contribution is 6.23. The lowest BCUT2D eigenvalue weighted by Crippen LogP contribution is -2.62. The standard InChI is InChI=1S/C26H28N2O8/c1-9-11-5-6-14(27)21(31)18(11)22(32)20-17(9)12(7-15(29)10-3-2-4-10)13-8-16(30)19(25(28)35)23(33)26(13,36)24(20)34/h5-6,9-10,12-13,17,31-33,36H,2-4,7-8,27H2,1H3,(H2,28,35)/t9-,12+,13+,17-,26+/m0/s1. The number of carbonyl (C=O) groups is 4. The number of hydrogen-bond donors (Lipinski definition) is 6. The van der Waals surface area contributed by atoms with Gasteiger partial charge in [-0.15, -0.1) is 0 Å². The molecule has 10 heteroatoms. The van der Waals surface area contributed by atoms with Crippen LogP contribution in [0.1, 0.15) is 56.1 Å². The van der Waals surface area contributed by atoms with Gasteiger partial charge in [-0.25, -0.2) is 0 Å². The number of carbonyl (C=O) groups excluding carboxylic acids is 4. The molecule has 1 aromatic rings. The Bertz CT molecular complexity index is 1310. The Labute approximate surface area is 206 Å². The molecule has 190 valence electrons. The largest absolute Gasteiger partial charge is 0.508 e. The number of phenols is 1. The van der Waals surface area contributed by atoms with Crippen molar-refractivity contribution in [1.82, 2.24) is 0 Å². The molecule has 1 amide bonds. The molecule has 0 saturated heterocycles. The lowest BCUT2D eigenvalue weighted by Gasteiger charge is -2.52. The van der Waals surface area contributed by atoms with Gasteiger partial charge in [0.1, 0.15) is 28.6 Å². The van der Waals surface area contributed by atoms with Crippen molar-refractivity contribution < 1.29 is 39.6 Å². The van der Waals surface area contributed by atoms with Gasteiger partial charge in [-0.2, -0.15) is 0 Å². The zero-order valence-corrected chi connectivity index (χ0v) is 19.7. The number of nitrogens with two attached hydrogens (primary N) is 2. The van der Waals surface area contributed by atoms with E-state index in [0.29, 0.717) is 5.56 Å². The maximum Gasteiger partial charge on any atom is 0.255 e. The number of aromatic hydroxyl groups is 1. The Hall–Kier alpha value is -3.66. The van der Waals surface area contributed by atoms with Gasteiger partial charge >= 0.3 is 0 Å². The van der Waals surface area contributed by atoms with Crippen molar-refractivity contribution in [2.45, 2.75) is 50.5 Å². The van der Waals surface area contributed by atoms with E-state index >= 15 is 0 Å². The Morgan fingerprint density at radius 2 is 1.81 bits per heavy atom. The molecule has 0 radical (unpaired) electrons. The molecule has 0 aliphatic heterocycles. The van der Waals surface area contributed by atoms with Crippen molar-refractivity contribution in [1.29, 1.82) is 0 Å². The summed E-state index contributed by atoms with van der Waals surface area (Å²) in [6.45, 7) is 1.76. The van der Waals surface area contributed by atoms with E-state index in [2.05, 4.69) is 0 Å². The molecule has 1 aromatic carbocycles. The molecule has 10 nitrogen and oxygen atoms in total. The number of rotatable bonds is 4. The second kappa shape index (κ2) is 7.92. The average Bonchev–Trinajstić information content (AvgIpc) is 2.76. The van der Waals surface area contributed by atoms with Crippen LogP contribution in [0.2, 0.25) is 0 Å². The summed E-state index contributed by atoms with van der Waals surface area (Å²) in [6.07, 6.45) is 1.78. The van der Waals surface area contributed by atoms with Crippen molar-refractivity contribution in [3.05, 3.63) is 40.2 Å². The minimum absolute atomic E-state index is 0.0369. The van der Waals surface area contributed by atoms with Gasteiger partial charge in [0.2, 0.25) is 5.78 Å². The van der Waals surface area contributed by atoms with E-state index in [9.17, 15) is 39.6 Å². The predicted molar refractivity (Wildman–Crippen MR) is 126 cm³/mol. The number of phenolic OH excluding ortho intramolecular Hbond substituents is 1. The van der Waals surface area contributed by atoms with Crippen molar-refractivity contribution >= 4 is 34.7 Å². The van der Waals surface area contributed by atoms with E-state index in [1.807, 2.05) is 0 Å². The molecule has 8 N–H and O–H groups in total. The number of hydrogen-bond acceptors (Lipinski definition) is 9. The maximum absolute atomic E-state index is 13.9. The number of anilines is 1. The number of benzene rings is 1. The van der Waals surface area contributed by atoms with Crippen LogP contribution in [0.4, 0.5) is 5.69 Å². The zero-order valence-electron chi connectivity index (χ0n) is 19.7. The minimum atomic E-state index is -2.75. The van der Waals surface area contributed by atoms with E-state index in [4.69, 9.17) is 11.5 Å². The van der Waals surface area contributed by atoms with Gasteiger partial charge in [-0.05, 0) is 36.3 Å². The summed E-state index contributed by atoms with van der Waals surface area (Å²) in [5.74, 6) is -9.11. The lowest BCUT2D eigenvalue weighted by molar-refractivity contribution is -0.156. The first-order valence-corrected chi connectivity index (χ1v) is 12.0. The first kappa shape index (κ1) is 24.1. The van der Waals surface area contributed by atoms with Crippen LogP contribution >= 0.6 is 0 Å². The van der Waals surface area contributed by atoms with Gasteiger partial charge < -0.3 is 31.9 Å². The number of Topliss-reactive ketones (excluding diaryl/α,β-unsaturated/α-hetero) is 3. The number of aliphatic hydroxyl groups excluding tert-OH is 2. The number of aliphatic hydroxyl groups is 3. The van der Waals surface area contributed by atoms with E-state index in [-0.39, 0.29) is 34.9 Å². The van der Waals surface area contributed by atoms with Crippen LogP contribution in [-0.2, 0) is 19.2 Å². The first-order chi connectivity index (χ1) is 16.9. The predicted octanol–water partition coefficient (Wildman–Crippen LogP) is 1.55. The highest BCUT2D eigenvalue weighted by atomic mass is 16.3. The molecule has 2 saturated carbocycles. The first-order valence-electron chi connectivity index (χ1n) is 12.0. The molecule has 0 bridgehead atoms. The van der Waals surface area contributed by atoms with Gasteiger partial charge in [0.05, 0.1) is 11.3 Å². The lowest BCUT2D eigenvalue weighted by atomic mass is 9.51. The second-order valence-electron chi connectivity index (χ2n) is 10.4. The SMILES string of the molecule is C[C@H]1c2ccc(N)c(O)c2C(O)=C2C(=O)[C@]3(O)C(O)=C(C(N)=O)C(=O)C[C@@H]3[C@@H](CC(=O)C3CCC3)[C@@H]21. The van der Waals surface area contributed by atoms with E-state index in [0.717, 1.165) is 19.3 Å². The molecule has 0 spiro atoms. The van der Waals surface area contributed by atoms with E-state index in [1.54, 1.807) is 13.0 Å². The summed E-state index contributed by atoms with van der Waals surface area (Å²) in [4.78, 5) is 51.8. The van der Waals surface area contributed by atoms with Crippen LogP contribution in [-0.4, -0.2) is 49.3 Å². The second-order valence-corrected chi connectivity index (χ2v) is 10.4. The van der Waals surface area contributed by atoms with Crippen molar-refractivity contribution in [2.75, 3.05) is 5.73 Å². The Kier molecular flexibility index (Phi) is 5.29. The van der Waals surface area contributed by atoms with Crippen LogP contribution in [0, 0.1) is 23.7 Å². The van der Waals surface area contributed by atoms with E-state index < -0.39 is 76.0 Å². The molecule has 4 aliphatic carbocycles. The van der Waals surface area contributed by atoms with Crippen LogP contribution in [0.25, 0.3) is 5.76 Å². The van der Waals surface area contributed by atoms with Crippen molar-refractivity contribution in [3.8, 4) is 5.75 Å². The molecular formula is C26H28N2O8. The monoisotopic (exact) mass is 496 g/mol. The number of ketones is 3. The summed E-state index contributed by atoms with van der Waals surface area (Å²) >= 11 is 0. The summed E-state index contributed by atoms with van der Waals surface area (Å²) in [5, 5.41) is 44.5. The fraction of sp³-hybridized carbons (Fsp3) is 0.462. The third-order valence-corrected chi connectivity index (χ3v) is 8.73. The highest BCUT2D eigenvalue weighted by Crippen LogP contribution is 2.59. The Morgan fingerprint density at radius 1 is 1.14 bits per heavy atom. The van der Waals surface area contributed by atoms with Gasteiger partial charge in [0.15, 0.2) is 11.4 Å². The highest BCUT2D eigenvalue weighted by Gasteiger charge is 2.65. The fourth-order valence-electron chi connectivity index (χ4n) is 6.62. The molecule has 5 atom stereocenters. The third-order valence-electron chi connectivity index (χ3n) is 8.73. The molecule has 5 rings (SSSR count). The van der Waals surface area contributed by atoms with Crippen LogP contribution in [0.15, 0.2) is 29.0 Å². The summed E-state index contributed by atoms with van der Waals surface area (Å²) < 4.78 is 0. The molecule has 0 aromatic heterocycles. The molecule has 0 unspecified atom stereocenters. The van der Waals surface area contributed by atoms with Crippen LogP contribution < -0.4 is 11.5 Å². The molecular weight excluding hydrogens is 468 g/mol. The van der Waals surface area contributed by atoms with E-state index in [1.165, 1.54) is 6.07 Å². The smallest absolute Gasteiger partial charge is 0.255 e. The van der Waals surface area contributed by atoms with Gasteiger partial charge in [-0.1, -0.05) is 19.4 Å². The number of nitrogen functional groups attached to an aromatic ring is 1.